The highest BCUT2D eigenvalue weighted by Gasteiger charge is 2.30. The summed E-state index contributed by atoms with van der Waals surface area (Å²) in [5.41, 5.74) is -0.128. The van der Waals surface area contributed by atoms with E-state index in [0.717, 1.165) is 12.1 Å². The van der Waals surface area contributed by atoms with Crippen LogP contribution in [0.15, 0.2) is 53.1 Å². The van der Waals surface area contributed by atoms with Gasteiger partial charge >= 0.3 is 6.18 Å². The molecule has 0 fully saturated rings. The van der Waals surface area contributed by atoms with Gasteiger partial charge in [-0.15, -0.1) is 0 Å². The van der Waals surface area contributed by atoms with Crippen molar-refractivity contribution in [1.82, 2.24) is 10.1 Å². The number of nitrogens with zero attached hydrogens (tertiary/aromatic N) is 2. The summed E-state index contributed by atoms with van der Waals surface area (Å²) in [5.74, 6) is -0.279. The van der Waals surface area contributed by atoms with Crippen molar-refractivity contribution in [2.75, 3.05) is 0 Å². The smallest absolute Gasteiger partial charge is 0.334 e. The molecule has 2 aromatic carbocycles. The molecular weight excluding hydrogens is 300 g/mol. The number of alkyl halides is 3. The van der Waals surface area contributed by atoms with E-state index in [-0.39, 0.29) is 17.3 Å². The van der Waals surface area contributed by atoms with Gasteiger partial charge in [-0.05, 0) is 36.4 Å². The van der Waals surface area contributed by atoms with Crippen LogP contribution < -0.4 is 0 Å². The molecule has 112 valence electrons. The van der Waals surface area contributed by atoms with E-state index in [1.54, 1.807) is 0 Å². The Hall–Kier alpha value is -2.70. The summed E-state index contributed by atoms with van der Waals surface area (Å²) in [5, 5.41) is 3.66. The molecule has 0 saturated carbocycles. The van der Waals surface area contributed by atoms with Crippen molar-refractivity contribution in [2.45, 2.75) is 6.18 Å². The Morgan fingerprint density at radius 1 is 0.909 bits per heavy atom. The number of hydrogen-bond acceptors (Lipinski definition) is 3. The molecule has 0 spiro atoms. The highest BCUT2D eigenvalue weighted by Crippen LogP contribution is 2.32. The average Bonchev–Trinajstić information content (AvgIpc) is 2.97. The zero-order valence-corrected chi connectivity index (χ0v) is 10.9. The summed E-state index contributed by atoms with van der Waals surface area (Å²) in [6, 6.07) is 9.97. The van der Waals surface area contributed by atoms with Crippen molar-refractivity contribution >= 4 is 0 Å². The molecule has 0 bridgehead atoms. The van der Waals surface area contributed by atoms with Gasteiger partial charge in [0.2, 0.25) is 5.82 Å². The molecule has 0 N–H and O–H groups in total. The van der Waals surface area contributed by atoms with E-state index in [1.165, 1.54) is 36.4 Å². The van der Waals surface area contributed by atoms with Crippen LogP contribution in [0.5, 0.6) is 0 Å². The third-order valence-electron chi connectivity index (χ3n) is 2.97. The van der Waals surface area contributed by atoms with Crippen LogP contribution in [-0.2, 0) is 6.18 Å². The van der Waals surface area contributed by atoms with Gasteiger partial charge in [0.25, 0.3) is 5.89 Å². The molecule has 0 atom stereocenters. The topological polar surface area (TPSA) is 38.9 Å². The molecule has 0 saturated heterocycles. The summed E-state index contributed by atoms with van der Waals surface area (Å²) in [7, 11) is 0. The van der Waals surface area contributed by atoms with Gasteiger partial charge in [0.1, 0.15) is 5.82 Å². The van der Waals surface area contributed by atoms with Crippen molar-refractivity contribution in [3.8, 4) is 22.8 Å². The van der Waals surface area contributed by atoms with Crippen LogP contribution in [0, 0.1) is 5.82 Å². The lowest BCUT2D eigenvalue weighted by Gasteiger charge is -2.06. The van der Waals surface area contributed by atoms with Crippen molar-refractivity contribution in [1.29, 1.82) is 0 Å². The lowest BCUT2D eigenvalue weighted by molar-refractivity contribution is -0.137. The Balaban J connectivity index is 1.96. The summed E-state index contributed by atoms with van der Waals surface area (Å²) in [6.07, 6.45) is -4.44. The first-order chi connectivity index (χ1) is 10.4. The maximum Gasteiger partial charge on any atom is 0.416 e. The fraction of sp³-hybridized carbons (Fsp3) is 0.0667. The SMILES string of the molecule is Fc1ccc(-c2nc(-c3cccc(C(F)(F)F)c3)no2)cc1. The first kappa shape index (κ1) is 14.2. The molecule has 0 radical (unpaired) electrons. The van der Waals surface area contributed by atoms with Crippen molar-refractivity contribution in [2.24, 2.45) is 0 Å². The Labute approximate surface area is 122 Å². The predicted molar refractivity (Wildman–Crippen MR) is 70.1 cm³/mol. The van der Waals surface area contributed by atoms with Crippen LogP contribution in [0.4, 0.5) is 17.6 Å². The van der Waals surface area contributed by atoms with Crippen LogP contribution in [0.2, 0.25) is 0 Å². The van der Waals surface area contributed by atoms with Crippen LogP contribution >= 0.6 is 0 Å². The Morgan fingerprint density at radius 2 is 1.64 bits per heavy atom. The Kier molecular flexibility index (Phi) is 3.40. The summed E-state index contributed by atoms with van der Waals surface area (Å²) in [6.45, 7) is 0. The fourth-order valence-electron chi connectivity index (χ4n) is 1.89. The fourth-order valence-corrected chi connectivity index (χ4v) is 1.89. The standard InChI is InChI=1S/C15H8F4N2O/c16-12-6-4-9(5-7-12)14-20-13(21-22-14)10-2-1-3-11(8-10)15(17,18)19/h1-8H. The predicted octanol–water partition coefficient (Wildman–Crippen LogP) is 4.56. The van der Waals surface area contributed by atoms with E-state index in [1.807, 2.05) is 0 Å². The van der Waals surface area contributed by atoms with Gasteiger partial charge in [-0.3, -0.25) is 0 Å². The van der Waals surface area contributed by atoms with Crippen molar-refractivity contribution in [3.05, 3.63) is 59.9 Å². The van der Waals surface area contributed by atoms with E-state index in [9.17, 15) is 17.6 Å². The largest absolute Gasteiger partial charge is 0.416 e. The minimum absolute atomic E-state index is 0.0328. The molecule has 0 aliphatic rings. The molecule has 3 rings (SSSR count). The summed E-state index contributed by atoms with van der Waals surface area (Å²) >= 11 is 0. The van der Waals surface area contributed by atoms with Gasteiger partial charge in [-0.1, -0.05) is 17.3 Å². The Bertz CT molecular complexity index is 794. The first-order valence-corrected chi connectivity index (χ1v) is 6.21. The van der Waals surface area contributed by atoms with E-state index < -0.39 is 17.6 Å². The van der Waals surface area contributed by atoms with Crippen LogP contribution in [0.25, 0.3) is 22.8 Å². The zero-order valence-electron chi connectivity index (χ0n) is 10.9. The summed E-state index contributed by atoms with van der Waals surface area (Å²) < 4.78 is 55.9. The van der Waals surface area contributed by atoms with Gasteiger partial charge in [0.15, 0.2) is 0 Å². The second kappa shape index (κ2) is 5.25. The molecule has 0 aliphatic carbocycles. The first-order valence-electron chi connectivity index (χ1n) is 6.21. The average molecular weight is 308 g/mol. The van der Waals surface area contributed by atoms with Crippen LogP contribution in [0.1, 0.15) is 5.56 Å². The van der Waals surface area contributed by atoms with E-state index >= 15 is 0 Å². The molecule has 3 aromatic rings. The molecule has 0 aliphatic heterocycles. The highest BCUT2D eigenvalue weighted by atomic mass is 19.4. The maximum atomic E-state index is 12.9. The quantitative estimate of drug-likeness (QED) is 0.651. The molecular formula is C15H8F4N2O. The van der Waals surface area contributed by atoms with Gasteiger partial charge < -0.3 is 4.52 Å². The number of aromatic nitrogens is 2. The molecule has 1 aromatic heterocycles. The van der Waals surface area contributed by atoms with E-state index in [2.05, 4.69) is 10.1 Å². The molecule has 3 nitrogen and oxygen atoms in total. The zero-order chi connectivity index (χ0) is 15.7. The van der Waals surface area contributed by atoms with E-state index in [4.69, 9.17) is 4.52 Å². The van der Waals surface area contributed by atoms with Gasteiger partial charge in [0.05, 0.1) is 5.56 Å². The minimum Gasteiger partial charge on any atom is -0.334 e. The Morgan fingerprint density at radius 3 is 2.32 bits per heavy atom. The second-order valence-electron chi connectivity index (χ2n) is 4.51. The molecule has 1 heterocycles. The number of hydrogen-bond donors (Lipinski definition) is 0. The minimum atomic E-state index is -4.44. The normalized spacial score (nSPS) is 11.6. The van der Waals surface area contributed by atoms with Gasteiger partial charge in [0, 0.05) is 11.1 Å². The van der Waals surface area contributed by atoms with Crippen LogP contribution in [-0.4, -0.2) is 10.1 Å². The number of halogens is 4. The third kappa shape index (κ3) is 2.83. The number of benzene rings is 2. The lowest BCUT2D eigenvalue weighted by Crippen LogP contribution is -2.04. The molecule has 0 unspecified atom stereocenters. The van der Waals surface area contributed by atoms with E-state index in [0.29, 0.717) is 5.56 Å². The van der Waals surface area contributed by atoms with Crippen LogP contribution in [0.3, 0.4) is 0 Å². The van der Waals surface area contributed by atoms with Gasteiger partial charge in [-0.2, -0.15) is 18.2 Å². The highest BCUT2D eigenvalue weighted by molar-refractivity contribution is 5.60. The monoisotopic (exact) mass is 308 g/mol. The summed E-state index contributed by atoms with van der Waals surface area (Å²) in [4.78, 5) is 4.04. The molecule has 22 heavy (non-hydrogen) atoms. The van der Waals surface area contributed by atoms with Gasteiger partial charge in [-0.25, -0.2) is 4.39 Å². The second-order valence-corrected chi connectivity index (χ2v) is 4.51. The molecule has 7 heteroatoms. The third-order valence-corrected chi connectivity index (χ3v) is 2.97. The maximum absolute atomic E-state index is 12.9. The number of rotatable bonds is 2. The lowest BCUT2D eigenvalue weighted by atomic mass is 10.1. The van der Waals surface area contributed by atoms with Crippen molar-refractivity contribution in [3.63, 3.8) is 0 Å². The molecule has 0 amide bonds. The van der Waals surface area contributed by atoms with Crippen molar-refractivity contribution < 1.29 is 22.1 Å².